The molecule has 24 heavy (non-hydrogen) atoms. The predicted octanol–water partition coefficient (Wildman–Crippen LogP) is 2.37. The first-order chi connectivity index (χ1) is 11.4. The molecule has 7 nitrogen and oxygen atoms in total. The Labute approximate surface area is 141 Å². The van der Waals surface area contributed by atoms with Crippen LogP contribution in [0.4, 0.5) is 0 Å². The fourth-order valence-electron chi connectivity index (χ4n) is 2.20. The average Bonchev–Trinajstić information content (AvgIpc) is 2.99. The zero-order valence-corrected chi connectivity index (χ0v) is 14.7. The summed E-state index contributed by atoms with van der Waals surface area (Å²) in [5.41, 5.74) is 0.854. The van der Waals surface area contributed by atoms with Gasteiger partial charge in [0.2, 0.25) is 10.0 Å². The summed E-state index contributed by atoms with van der Waals surface area (Å²) in [5, 5.41) is 3.70. The third-order valence-corrected chi connectivity index (χ3v) is 5.48. The van der Waals surface area contributed by atoms with E-state index >= 15 is 0 Å². The minimum Gasteiger partial charge on any atom is -0.454 e. The molecule has 0 saturated heterocycles. The Kier molecular flexibility index (Phi) is 5.74. The molecule has 0 spiro atoms. The SMILES string of the molecule is CCN(CC)S(=O)(=O)c1cccc(C(=O)OCc2cc(C)no2)c1. The van der Waals surface area contributed by atoms with Crippen LogP contribution in [0.25, 0.3) is 0 Å². The molecule has 1 heterocycles. The third kappa shape index (κ3) is 4.01. The summed E-state index contributed by atoms with van der Waals surface area (Å²) in [4.78, 5) is 12.2. The van der Waals surface area contributed by atoms with E-state index in [0.717, 1.165) is 0 Å². The molecule has 130 valence electrons. The predicted molar refractivity (Wildman–Crippen MR) is 86.9 cm³/mol. The van der Waals surface area contributed by atoms with E-state index in [0.29, 0.717) is 24.5 Å². The molecule has 0 atom stereocenters. The van der Waals surface area contributed by atoms with Crippen LogP contribution >= 0.6 is 0 Å². The largest absolute Gasteiger partial charge is 0.454 e. The van der Waals surface area contributed by atoms with Crippen molar-refractivity contribution in [3.05, 3.63) is 47.3 Å². The van der Waals surface area contributed by atoms with Crippen molar-refractivity contribution < 1.29 is 22.5 Å². The van der Waals surface area contributed by atoms with Gasteiger partial charge in [0.15, 0.2) is 12.4 Å². The van der Waals surface area contributed by atoms with Crippen molar-refractivity contribution in [2.45, 2.75) is 32.3 Å². The molecule has 0 aliphatic carbocycles. The highest BCUT2D eigenvalue weighted by Crippen LogP contribution is 2.18. The maximum absolute atomic E-state index is 12.5. The van der Waals surface area contributed by atoms with Gasteiger partial charge in [-0.25, -0.2) is 13.2 Å². The van der Waals surface area contributed by atoms with Gasteiger partial charge in [-0.05, 0) is 25.1 Å². The summed E-state index contributed by atoms with van der Waals surface area (Å²) in [6.07, 6.45) is 0. The van der Waals surface area contributed by atoms with E-state index in [9.17, 15) is 13.2 Å². The van der Waals surface area contributed by atoms with Gasteiger partial charge in [0, 0.05) is 19.2 Å². The summed E-state index contributed by atoms with van der Waals surface area (Å²) in [7, 11) is -3.62. The molecule has 0 fully saturated rings. The van der Waals surface area contributed by atoms with E-state index in [1.807, 2.05) is 0 Å². The Morgan fingerprint density at radius 1 is 1.25 bits per heavy atom. The Hall–Kier alpha value is -2.19. The number of sulfonamides is 1. The summed E-state index contributed by atoms with van der Waals surface area (Å²) in [6.45, 7) is 5.94. The molecule has 2 rings (SSSR count). The van der Waals surface area contributed by atoms with Gasteiger partial charge in [-0.2, -0.15) is 4.31 Å². The minimum absolute atomic E-state index is 0.0628. The number of hydrogen-bond donors (Lipinski definition) is 0. The van der Waals surface area contributed by atoms with Gasteiger partial charge in [0.25, 0.3) is 0 Å². The number of esters is 1. The van der Waals surface area contributed by atoms with Crippen LogP contribution in [0.15, 0.2) is 39.8 Å². The molecule has 0 N–H and O–H groups in total. The molecule has 1 aromatic carbocycles. The number of ether oxygens (including phenoxy) is 1. The zero-order valence-electron chi connectivity index (χ0n) is 13.9. The van der Waals surface area contributed by atoms with Crippen molar-refractivity contribution in [3.8, 4) is 0 Å². The molecule has 0 radical (unpaired) electrons. The molecular weight excluding hydrogens is 332 g/mol. The van der Waals surface area contributed by atoms with Crippen molar-refractivity contribution in [2.24, 2.45) is 0 Å². The molecule has 2 aromatic rings. The third-order valence-electron chi connectivity index (χ3n) is 3.44. The fourth-order valence-corrected chi connectivity index (χ4v) is 3.70. The first-order valence-corrected chi connectivity index (χ1v) is 9.02. The van der Waals surface area contributed by atoms with E-state index in [1.165, 1.54) is 28.6 Å². The average molecular weight is 352 g/mol. The number of carbonyl (C=O) groups excluding carboxylic acids is 1. The number of aromatic nitrogens is 1. The van der Waals surface area contributed by atoms with Gasteiger partial charge in [-0.15, -0.1) is 0 Å². The number of aryl methyl sites for hydroxylation is 1. The van der Waals surface area contributed by atoms with E-state index in [-0.39, 0.29) is 17.1 Å². The molecule has 0 unspecified atom stereocenters. The van der Waals surface area contributed by atoms with Crippen LogP contribution in [0.2, 0.25) is 0 Å². The topological polar surface area (TPSA) is 89.7 Å². The molecule has 1 aromatic heterocycles. The maximum atomic E-state index is 12.5. The van der Waals surface area contributed by atoms with Crippen LogP contribution in [-0.2, 0) is 21.4 Å². The Morgan fingerprint density at radius 2 is 1.96 bits per heavy atom. The van der Waals surface area contributed by atoms with E-state index in [4.69, 9.17) is 9.26 Å². The summed E-state index contributed by atoms with van der Waals surface area (Å²) < 4.78 is 36.4. The Balaban J connectivity index is 2.16. The second-order valence-corrected chi connectivity index (χ2v) is 7.07. The lowest BCUT2D eigenvalue weighted by atomic mass is 10.2. The monoisotopic (exact) mass is 352 g/mol. The normalized spacial score (nSPS) is 11.7. The fraction of sp³-hybridized carbons (Fsp3) is 0.375. The Morgan fingerprint density at radius 3 is 2.54 bits per heavy atom. The van der Waals surface area contributed by atoms with Gasteiger partial charge in [0.05, 0.1) is 16.2 Å². The number of hydrogen-bond acceptors (Lipinski definition) is 6. The van der Waals surface area contributed by atoms with E-state index in [2.05, 4.69) is 5.16 Å². The smallest absolute Gasteiger partial charge is 0.338 e. The van der Waals surface area contributed by atoms with Crippen LogP contribution in [0.1, 0.15) is 35.7 Å². The molecule has 0 bridgehead atoms. The summed E-state index contributed by atoms with van der Waals surface area (Å²) in [5.74, 6) is -0.201. The number of carbonyl (C=O) groups is 1. The number of nitrogens with zero attached hydrogens (tertiary/aromatic N) is 2. The lowest BCUT2D eigenvalue weighted by Gasteiger charge is -2.18. The van der Waals surface area contributed by atoms with Crippen molar-refractivity contribution in [1.82, 2.24) is 9.46 Å². The molecule has 0 aliphatic rings. The zero-order chi connectivity index (χ0) is 17.7. The van der Waals surface area contributed by atoms with E-state index in [1.54, 1.807) is 26.8 Å². The van der Waals surface area contributed by atoms with Gasteiger partial charge in [0.1, 0.15) is 0 Å². The van der Waals surface area contributed by atoms with Gasteiger partial charge < -0.3 is 9.26 Å². The van der Waals surface area contributed by atoms with Gasteiger partial charge in [-0.1, -0.05) is 25.1 Å². The lowest BCUT2D eigenvalue weighted by Crippen LogP contribution is -2.30. The van der Waals surface area contributed by atoms with Crippen LogP contribution in [0.3, 0.4) is 0 Å². The number of rotatable bonds is 7. The minimum atomic E-state index is -3.62. The molecular formula is C16H20N2O5S. The van der Waals surface area contributed by atoms with Crippen LogP contribution < -0.4 is 0 Å². The maximum Gasteiger partial charge on any atom is 0.338 e. The molecule has 8 heteroatoms. The molecule has 0 saturated carbocycles. The summed E-state index contributed by atoms with van der Waals surface area (Å²) in [6, 6.07) is 7.47. The first kappa shape index (κ1) is 18.2. The first-order valence-electron chi connectivity index (χ1n) is 7.58. The van der Waals surface area contributed by atoms with Crippen molar-refractivity contribution in [1.29, 1.82) is 0 Å². The highest BCUT2D eigenvalue weighted by molar-refractivity contribution is 7.89. The second kappa shape index (κ2) is 7.59. The highest BCUT2D eigenvalue weighted by atomic mass is 32.2. The van der Waals surface area contributed by atoms with Crippen LogP contribution in [0, 0.1) is 6.92 Å². The lowest BCUT2D eigenvalue weighted by molar-refractivity contribution is 0.0437. The highest BCUT2D eigenvalue weighted by Gasteiger charge is 2.22. The molecule has 0 amide bonds. The second-order valence-electron chi connectivity index (χ2n) is 5.13. The van der Waals surface area contributed by atoms with Gasteiger partial charge >= 0.3 is 5.97 Å². The van der Waals surface area contributed by atoms with Crippen molar-refractivity contribution in [3.63, 3.8) is 0 Å². The Bertz CT molecular complexity index is 809. The van der Waals surface area contributed by atoms with Crippen molar-refractivity contribution in [2.75, 3.05) is 13.1 Å². The quantitative estimate of drug-likeness (QED) is 0.711. The van der Waals surface area contributed by atoms with Crippen LogP contribution in [0.5, 0.6) is 0 Å². The number of benzene rings is 1. The summed E-state index contributed by atoms with van der Waals surface area (Å²) >= 11 is 0. The van der Waals surface area contributed by atoms with E-state index < -0.39 is 16.0 Å². The van der Waals surface area contributed by atoms with Crippen LogP contribution in [-0.4, -0.2) is 36.9 Å². The molecule has 0 aliphatic heterocycles. The van der Waals surface area contributed by atoms with Crippen molar-refractivity contribution >= 4 is 16.0 Å². The van der Waals surface area contributed by atoms with Gasteiger partial charge in [-0.3, -0.25) is 0 Å². The standard InChI is InChI=1S/C16H20N2O5S/c1-4-18(5-2)24(20,21)15-8-6-7-13(10-15)16(19)22-11-14-9-12(3)17-23-14/h6-10H,4-5,11H2,1-3H3.